The standard InChI is InChI=1S/C21H29N3O3S.HI/c1-5-22-21(24-14-19(25)18-9-6-15(2)7-10-18)23-13-17-8-11-20(16(3)12-17)28(4,26)27;/h6-12,19,25H,5,13-14H2,1-4H3,(H2,22,23,24);1H. The molecule has 0 saturated carbocycles. The average Bonchev–Trinajstić information content (AvgIpc) is 2.63. The predicted octanol–water partition coefficient (Wildman–Crippen LogP) is 3.11. The number of halogens is 1. The zero-order valence-corrected chi connectivity index (χ0v) is 20.4. The Bertz CT molecular complexity index is 929. The van der Waals surface area contributed by atoms with Gasteiger partial charge in [-0.25, -0.2) is 13.4 Å². The van der Waals surface area contributed by atoms with Crippen molar-refractivity contribution < 1.29 is 13.5 Å². The average molecular weight is 531 g/mol. The highest BCUT2D eigenvalue weighted by Gasteiger charge is 2.11. The normalized spacial score (nSPS) is 12.8. The molecule has 1 atom stereocenters. The Hall–Kier alpha value is -1.65. The Labute approximate surface area is 190 Å². The van der Waals surface area contributed by atoms with Gasteiger partial charge >= 0.3 is 0 Å². The highest BCUT2D eigenvalue weighted by molar-refractivity contribution is 14.0. The number of aryl methyl sites for hydroxylation is 2. The Morgan fingerprint density at radius 3 is 2.31 bits per heavy atom. The SMILES string of the molecule is CCNC(=NCc1ccc(S(C)(=O)=O)c(C)c1)NCC(O)c1ccc(C)cc1.I. The lowest BCUT2D eigenvalue weighted by molar-refractivity contribution is 0.181. The summed E-state index contributed by atoms with van der Waals surface area (Å²) in [5.74, 6) is 0.596. The smallest absolute Gasteiger partial charge is 0.191 e. The summed E-state index contributed by atoms with van der Waals surface area (Å²) in [6, 6.07) is 13.0. The van der Waals surface area contributed by atoms with Crippen molar-refractivity contribution in [3.05, 3.63) is 64.7 Å². The number of aliphatic imine (C=N–C) groups is 1. The van der Waals surface area contributed by atoms with Gasteiger partial charge in [0.1, 0.15) is 0 Å². The molecule has 29 heavy (non-hydrogen) atoms. The van der Waals surface area contributed by atoms with Crippen LogP contribution in [0, 0.1) is 13.8 Å². The van der Waals surface area contributed by atoms with Crippen molar-refractivity contribution in [3.63, 3.8) is 0 Å². The molecular weight excluding hydrogens is 501 g/mol. The first-order valence-electron chi connectivity index (χ1n) is 9.27. The number of rotatable bonds is 7. The number of nitrogens with zero attached hydrogens (tertiary/aromatic N) is 1. The van der Waals surface area contributed by atoms with Gasteiger partial charge in [-0.15, -0.1) is 24.0 Å². The minimum atomic E-state index is -3.23. The molecule has 0 aliphatic heterocycles. The van der Waals surface area contributed by atoms with Crippen LogP contribution in [0.2, 0.25) is 0 Å². The number of guanidine groups is 1. The van der Waals surface area contributed by atoms with Gasteiger partial charge in [0.15, 0.2) is 15.8 Å². The van der Waals surface area contributed by atoms with Crippen molar-refractivity contribution in [3.8, 4) is 0 Å². The summed E-state index contributed by atoms with van der Waals surface area (Å²) < 4.78 is 23.5. The van der Waals surface area contributed by atoms with Crippen molar-refractivity contribution in [2.24, 2.45) is 4.99 Å². The third-order valence-corrected chi connectivity index (χ3v) is 5.58. The molecule has 2 rings (SSSR count). The number of aliphatic hydroxyl groups is 1. The van der Waals surface area contributed by atoms with Gasteiger partial charge in [-0.1, -0.05) is 42.0 Å². The first kappa shape index (κ1) is 25.4. The molecule has 0 amide bonds. The summed E-state index contributed by atoms with van der Waals surface area (Å²) in [7, 11) is -3.23. The van der Waals surface area contributed by atoms with E-state index in [0.29, 0.717) is 36.1 Å². The van der Waals surface area contributed by atoms with Gasteiger partial charge in [-0.2, -0.15) is 0 Å². The minimum absolute atomic E-state index is 0. The molecule has 6 nitrogen and oxygen atoms in total. The van der Waals surface area contributed by atoms with E-state index in [2.05, 4.69) is 15.6 Å². The molecule has 0 fully saturated rings. The molecule has 1 unspecified atom stereocenters. The summed E-state index contributed by atoms with van der Waals surface area (Å²) in [6.07, 6.45) is 0.570. The Kier molecular flexibility index (Phi) is 10.1. The molecule has 0 aromatic heterocycles. The predicted molar refractivity (Wildman–Crippen MR) is 129 cm³/mol. The molecular formula is C21H30IN3O3S. The van der Waals surface area contributed by atoms with Crippen LogP contribution in [-0.2, 0) is 16.4 Å². The number of hydrogen-bond donors (Lipinski definition) is 3. The van der Waals surface area contributed by atoms with Gasteiger partial charge in [-0.05, 0) is 43.5 Å². The van der Waals surface area contributed by atoms with Gasteiger partial charge in [0.25, 0.3) is 0 Å². The van der Waals surface area contributed by atoms with E-state index in [1.54, 1.807) is 19.1 Å². The number of sulfone groups is 1. The largest absolute Gasteiger partial charge is 0.387 e. The summed E-state index contributed by atoms with van der Waals surface area (Å²) in [6.45, 7) is 7.19. The number of nitrogens with one attached hydrogen (secondary N) is 2. The van der Waals surface area contributed by atoms with E-state index < -0.39 is 15.9 Å². The summed E-state index contributed by atoms with van der Waals surface area (Å²) >= 11 is 0. The van der Waals surface area contributed by atoms with Crippen LogP contribution < -0.4 is 10.6 Å². The van der Waals surface area contributed by atoms with Crippen LogP contribution >= 0.6 is 24.0 Å². The van der Waals surface area contributed by atoms with Crippen molar-refractivity contribution in [2.75, 3.05) is 19.3 Å². The van der Waals surface area contributed by atoms with Gasteiger partial charge < -0.3 is 15.7 Å². The van der Waals surface area contributed by atoms with E-state index in [-0.39, 0.29) is 24.0 Å². The van der Waals surface area contributed by atoms with Crippen LogP contribution in [-0.4, -0.2) is 38.8 Å². The number of aliphatic hydroxyl groups excluding tert-OH is 1. The second kappa shape index (κ2) is 11.5. The maximum absolute atomic E-state index is 11.7. The van der Waals surface area contributed by atoms with E-state index in [9.17, 15) is 13.5 Å². The third kappa shape index (κ3) is 7.94. The first-order chi connectivity index (χ1) is 13.2. The highest BCUT2D eigenvalue weighted by atomic mass is 127. The van der Waals surface area contributed by atoms with E-state index >= 15 is 0 Å². The fourth-order valence-electron chi connectivity index (χ4n) is 2.84. The second-order valence-corrected chi connectivity index (χ2v) is 8.86. The van der Waals surface area contributed by atoms with Gasteiger partial charge in [-0.3, -0.25) is 0 Å². The Balaban J connectivity index is 0.00000420. The Morgan fingerprint density at radius 1 is 1.10 bits per heavy atom. The van der Waals surface area contributed by atoms with E-state index in [1.165, 1.54) is 6.26 Å². The van der Waals surface area contributed by atoms with Crippen molar-refractivity contribution in [2.45, 2.75) is 38.3 Å². The molecule has 8 heteroatoms. The maximum atomic E-state index is 11.7. The monoisotopic (exact) mass is 531 g/mol. The maximum Gasteiger partial charge on any atom is 0.191 e. The molecule has 0 spiro atoms. The quantitative estimate of drug-likeness (QED) is 0.290. The summed E-state index contributed by atoms with van der Waals surface area (Å²) in [5.41, 5.74) is 3.63. The van der Waals surface area contributed by atoms with Crippen LogP contribution in [0.25, 0.3) is 0 Å². The molecule has 0 aliphatic carbocycles. The van der Waals surface area contributed by atoms with Gasteiger partial charge in [0.2, 0.25) is 0 Å². The number of benzene rings is 2. The van der Waals surface area contributed by atoms with Crippen molar-refractivity contribution in [1.29, 1.82) is 0 Å². The molecule has 160 valence electrons. The molecule has 3 N–H and O–H groups in total. The lowest BCUT2D eigenvalue weighted by atomic mass is 10.1. The first-order valence-corrected chi connectivity index (χ1v) is 11.2. The second-order valence-electron chi connectivity index (χ2n) is 6.87. The molecule has 0 heterocycles. The lowest BCUT2D eigenvalue weighted by Crippen LogP contribution is -2.39. The van der Waals surface area contributed by atoms with Crippen molar-refractivity contribution >= 4 is 39.8 Å². The fraction of sp³-hybridized carbons (Fsp3) is 0.381. The zero-order valence-electron chi connectivity index (χ0n) is 17.3. The third-order valence-electron chi connectivity index (χ3n) is 4.33. The molecule has 0 aliphatic rings. The van der Waals surface area contributed by atoms with E-state index in [4.69, 9.17) is 0 Å². The van der Waals surface area contributed by atoms with Gasteiger partial charge in [0, 0.05) is 19.3 Å². The van der Waals surface area contributed by atoms with Crippen LogP contribution in [0.1, 0.15) is 35.3 Å². The van der Waals surface area contributed by atoms with E-state index in [0.717, 1.165) is 16.7 Å². The van der Waals surface area contributed by atoms with E-state index in [1.807, 2.05) is 44.2 Å². The number of hydrogen-bond acceptors (Lipinski definition) is 4. The molecule has 0 bridgehead atoms. The zero-order chi connectivity index (χ0) is 20.7. The summed E-state index contributed by atoms with van der Waals surface area (Å²) in [4.78, 5) is 4.87. The molecule has 2 aromatic carbocycles. The fourth-order valence-corrected chi connectivity index (χ4v) is 3.80. The summed E-state index contributed by atoms with van der Waals surface area (Å²) in [5, 5.41) is 16.7. The topological polar surface area (TPSA) is 90.8 Å². The van der Waals surface area contributed by atoms with Crippen LogP contribution in [0.15, 0.2) is 52.4 Å². The highest BCUT2D eigenvalue weighted by Crippen LogP contribution is 2.17. The molecule has 0 radical (unpaired) electrons. The molecule has 2 aromatic rings. The lowest BCUT2D eigenvalue weighted by Gasteiger charge is -2.16. The van der Waals surface area contributed by atoms with Crippen LogP contribution in [0.3, 0.4) is 0 Å². The van der Waals surface area contributed by atoms with Crippen molar-refractivity contribution in [1.82, 2.24) is 10.6 Å². The van der Waals surface area contributed by atoms with Crippen LogP contribution in [0.4, 0.5) is 0 Å². The molecule has 0 saturated heterocycles. The minimum Gasteiger partial charge on any atom is -0.387 e. The van der Waals surface area contributed by atoms with Gasteiger partial charge in [0.05, 0.1) is 17.5 Å². The van der Waals surface area contributed by atoms with Crippen LogP contribution in [0.5, 0.6) is 0 Å². The Morgan fingerprint density at radius 2 is 1.76 bits per heavy atom.